The van der Waals surface area contributed by atoms with Crippen molar-refractivity contribution in [1.82, 2.24) is 9.80 Å². The van der Waals surface area contributed by atoms with Crippen molar-refractivity contribution in [2.75, 3.05) is 26.2 Å². The molecule has 0 unspecified atom stereocenters. The molecule has 22 heavy (non-hydrogen) atoms. The number of furan rings is 1. The first-order valence-electron chi connectivity index (χ1n) is 8.17. The number of carbonyl (C=O) groups is 2. The molecule has 2 heterocycles. The van der Waals surface area contributed by atoms with Crippen LogP contribution in [0.4, 0.5) is 0 Å². The second-order valence-electron chi connectivity index (χ2n) is 6.35. The summed E-state index contributed by atoms with van der Waals surface area (Å²) in [5, 5.41) is 0. The monoisotopic (exact) mass is 306 g/mol. The van der Waals surface area contributed by atoms with Gasteiger partial charge in [-0.3, -0.25) is 9.59 Å². The number of piperidine rings is 1. The van der Waals surface area contributed by atoms with Crippen molar-refractivity contribution in [2.45, 2.75) is 39.5 Å². The highest BCUT2D eigenvalue weighted by molar-refractivity contribution is 5.94. The molecule has 1 aliphatic heterocycles. The lowest BCUT2D eigenvalue weighted by atomic mass is 10.1. The van der Waals surface area contributed by atoms with Gasteiger partial charge < -0.3 is 14.2 Å². The lowest BCUT2D eigenvalue weighted by Crippen LogP contribution is -2.40. The zero-order chi connectivity index (χ0) is 15.9. The van der Waals surface area contributed by atoms with E-state index in [4.69, 9.17) is 4.42 Å². The zero-order valence-electron chi connectivity index (χ0n) is 13.6. The number of carbonyl (C=O) groups excluding carboxylic acids is 2. The molecule has 2 amide bonds. The average molecular weight is 306 g/mol. The number of amides is 2. The van der Waals surface area contributed by atoms with Crippen LogP contribution in [-0.2, 0) is 4.79 Å². The van der Waals surface area contributed by atoms with Gasteiger partial charge in [-0.2, -0.15) is 0 Å². The summed E-state index contributed by atoms with van der Waals surface area (Å²) in [5.74, 6) is 0.461. The van der Waals surface area contributed by atoms with Gasteiger partial charge in [0, 0.05) is 32.6 Å². The molecule has 5 heteroatoms. The van der Waals surface area contributed by atoms with Crippen molar-refractivity contribution in [3.8, 4) is 0 Å². The van der Waals surface area contributed by atoms with Gasteiger partial charge in [-0.15, -0.1) is 0 Å². The molecule has 0 radical (unpaired) electrons. The first kappa shape index (κ1) is 16.6. The maximum Gasteiger partial charge on any atom is 0.257 e. The molecule has 0 spiro atoms. The van der Waals surface area contributed by atoms with Gasteiger partial charge in [-0.25, -0.2) is 0 Å². The van der Waals surface area contributed by atoms with Crippen molar-refractivity contribution in [2.24, 2.45) is 5.92 Å². The summed E-state index contributed by atoms with van der Waals surface area (Å²) < 4.78 is 4.99. The minimum absolute atomic E-state index is 0.0612. The molecule has 0 bridgehead atoms. The molecule has 5 nitrogen and oxygen atoms in total. The van der Waals surface area contributed by atoms with Crippen LogP contribution < -0.4 is 0 Å². The maximum absolute atomic E-state index is 12.5. The van der Waals surface area contributed by atoms with E-state index in [0.29, 0.717) is 31.0 Å². The maximum atomic E-state index is 12.5. The first-order chi connectivity index (χ1) is 10.6. The summed E-state index contributed by atoms with van der Waals surface area (Å²) in [4.78, 5) is 28.4. The largest absolute Gasteiger partial charge is 0.472 e. The minimum atomic E-state index is -0.0612. The molecule has 1 aromatic heterocycles. The topological polar surface area (TPSA) is 53.8 Å². The molecule has 1 saturated heterocycles. The van der Waals surface area contributed by atoms with Crippen LogP contribution in [0.2, 0.25) is 0 Å². The second-order valence-corrected chi connectivity index (χ2v) is 6.35. The molecule has 122 valence electrons. The Morgan fingerprint density at radius 1 is 1.27 bits per heavy atom. The molecule has 0 N–H and O–H groups in total. The van der Waals surface area contributed by atoms with Gasteiger partial charge in [0.2, 0.25) is 5.91 Å². The van der Waals surface area contributed by atoms with E-state index in [0.717, 1.165) is 25.9 Å². The Bertz CT molecular complexity index is 476. The predicted molar refractivity (Wildman–Crippen MR) is 84.5 cm³/mol. The molecular weight excluding hydrogens is 280 g/mol. The fourth-order valence-electron chi connectivity index (χ4n) is 2.82. The summed E-state index contributed by atoms with van der Waals surface area (Å²) in [6.45, 7) is 6.98. The summed E-state index contributed by atoms with van der Waals surface area (Å²) in [6, 6.07) is 1.67. The van der Waals surface area contributed by atoms with Gasteiger partial charge >= 0.3 is 0 Å². The van der Waals surface area contributed by atoms with E-state index in [1.807, 2.05) is 4.90 Å². The van der Waals surface area contributed by atoms with Crippen molar-refractivity contribution in [3.05, 3.63) is 24.2 Å². The van der Waals surface area contributed by atoms with Gasteiger partial charge in [0.1, 0.15) is 6.26 Å². The standard InChI is InChI=1S/C17H26N2O3/c1-14(2)12-19(17(21)15-7-11-22-13-15)10-6-16(20)18-8-4-3-5-9-18/h7,11,13-14H,3-6,8-10,12H2,1-2H3. The SMILES string of the molecule is CC(C)CN(CCC(=O)N1CCCCC1)C(=O)c1ccoc1. The minimum Gasteiger partial charge on any atom is -0.472 e. The normalized spacial score (nSPS) is 15.1. The smallest absolute Gasteiger partial charge is 0.257 e. The van der Waals surface area contributed by atoms with Gasteiger partial charge in [0.15, 0.2) is 0 Å². The Morgan fingerprint density at radius 2 is 2.00 bits per heavy atom. The van der Waals surface area contributed by atoms with E-state index < -0.39 is 0 Å². The van der Waals surface area contributed by atoms with E-state index in [1.54, 1.807) is 11.0 Å². The van der Waals surface area contributed by atoms with Crippen molar-refractivity contribution in [3.63, 3.8) is 0 Å². The molecule has 1 aromatic rings. The van der Waals surface area contributed by atoms with Crippen LogP contribution in [0.5, 0.6) is 0 Å². The van der Waals surface area contributed by atoms with Crippen LogP contribution >= 0.6 is 0 Å². The van der Waals surface area contributed by atoms with Crippen LogP contribution in [0.15, 0.2) is 23.0 Å². The molecule has 1 aliphatic rings. The van der Waals surface area contributed by atoms with Crippen molar-refractivity contribution >= 4 is 11.8 Å². The highest BCUT2D eigenvalue weighted by atomic mass is 16.3. The summed E-state index contributed by atoms with van der Waals surface area (Å²) >= 11 is 0. The Kier molecular flexibility index (Phi) is 6.04. The van der Waals surface area contributed by atoms with Crippen molar-refractivity contribution in [1.29, 1.82) is 0 Å². The van der Waals surface area contributed by atoms with Crippen LogP contribution in [0.1, 0.15) is 49.9 Å². The lowest BCUT2D eigenvalue weighted by Gasteiger charge is -2.29. The quantitative estimate of drug-likeness (QED) is 0.812. The van der Waals surface area contributed by atoms with E-state index in [2.05, 4.69) is 13.8 Å². The third-order valence-corrected chi connectivity index (χ3v) is 3.95. The third kappa shape index (κ3) is 4.61. The Morgan fingerprint density at radius 3 is 2.59 bits per heavy atom. The number of likely N-dealkylation sites (tertiary alicyclic amines) is 1. The van der Waals surface area contributed by atoms with Crippen LogP contribution in [0, 0.1) is 5.92 Å². The van der Waals surface area contributed by atoms with Gasteiger partial charge in [0.25, 0.3) is 5.91 Å². The Labute approximate surface area is 132 Å². The predicted octanol–water partition coefficient (Wildman–Crippen LogP) is 2.78. The number of hydrogen-bond acceptors (Lipinski definition) is 3. The first-order valence-corrected chi connectivity index (χ1v) is 8.17. The fourth-order valence-corrected chi connectivity index (χ4v) is 2.82. The zero-order valence-corrected chi connectivity index (χ0v) is 13.6. The molecule has 1 fully saturated rings. The molecule has 0 aliphatic carbocycles. The average Bonchev–Trinajstić information content (AvgIpc) is 3.05. The third-order valence-electron chi connectivity index (χ3n) is 3.95. The van der Waals surface area contributed by atoms with Gasteiger partial charge in [0.05, 0.1) is 11.8 Å². The van der Waals surface area contributed by atoms with Crippen LogP contribution in [0.3, 0.4) is 0 Å². The van der Waals surface area contributed by atoms with E-state index in [1.165, 1.54) is 18.9 Å². The summed E-state index contributed by atoms with van der Waals surface area (Å²) in [6.07, 6.45) is 6.76. The van der Waals surface area contributed by atoms with Gasteiger partial charge in [-0.05, 0) is 31.2 Å². The summed E-state index contributed by atoms with van der Waals surface area (Å²) in [7, 11) is 0. The fraction of sp³-hybridized carbons (Fsp3) is 0.647. The Balaban J connectivity index is 1.91. The number of hydrogen-bond donors (Lipinski definition) is 0. The Hall–Kier alpha value is -1.78. The van der Waals surface area contributed by atoms with Crippen LogP contribution in [-0.4, -0.2) is 47.8 Å². The van der Waals surface area contributed by atoms with E-state index in [9.17, 15) is 9.59 Å². The lowest BCUT2D eigenvalue weighted by molar-refractivity contribution is -0.132. The second kappa shape index (κ2) is 8.01. The molecular formula is C17H26N2O3. The van der Waals surface area contributed by atoms with Crippen LogP contribution in [0.25, 0.3) is 0 Å². The summed E-state index contributed by atoms with van der Waals surface area (Å²) in [5.41, 5.74) is 0.547. The highest BCUT2D eigenvalue weighted by Gasteiger charge is 2.21. The highest BCUT2D eigenvalue weighted by Crippen LogP contribution is 2.12. The van der Waals surface area contributed by atoms with Crippen molar-refractivity contribution < 1.29 is 14.0 Å². The van der Waals surface area contributed by atoms with E-state index >= 15 is 0 Å². The number of rotatable bonds is 6. The molecule has 0 atom stereocenters. The van der Waals surface area contributed by atoms with E-state index in [-0.39, 0.29) is 11.8 Å². The molecule has 2 rings (SSSR count). The molecule has 0 aromatic carbocycles. The molecule has 0 saturated carbocycles. The number of nitrogens with zero attached hydrogens (tertiary/aromatic N) is 2. The van der Waals surface area contributed by atoms with Gasteiger partial charge in [-0.1, -0.05) is 13.8 Å².